The third-order valence-electron chi connectivity index (χ3n) is 1.88. The zero-order chi connectivity index (χ0) is 8.97. The van der Waals surface area contributed by atoms with Crippen molar-refractivity contribution in [2.24, 2.45) is 16.1 Å². The number of nitrogens with two attached hydrogens (primary N) is 1. The number of hydrogen-bond donors (Lipinski definition) is 1. The first-order valence-electron chi connectivity index (χ1n) is 4.24. The Morgan fingerprint density at radius 1 is 1.58 bits per heavy atom. The van der Waals surface area contributed by atoms with E-state index in [1.807, 2.05) is 0 Å². The summed E-state index contributed by atoms with van der Waals surface area (Å²) in [5.74, 6) is 5.40. The summed E-state index contributed by atoms with van der Waals surface area (Å²) in [4.78, 5) is 10.8. The maximum atomic E-state index is 10.8. The van der Waals surface area contributed by atoms with Crippen molar-refractivity contribution in [3.63, 3.8) is 0 Å². The fourth-order valence-electron chi connectivity index (χ4n) is 1.12. The molecule has 0 aromatic rings. The molecule has 0 saturated heterocycles. The summed E-state index contributed by atoms with van der Waals surface area (Å²) in [5.41, 5.74) is 0. The van der Waals surface area contributed by atoms with Crippen LogP contribution in [0.3, 0.4) is 0 Å². The van der Waals surface area contributed by atoms with Crippen LogP contribution in [0.25, 0.3) is 0 Å². The Balaban J connectivity index is 2.25. The van der Waals surface area contributed by atoms with Gasteiger partial charge >= 0.3 is 6.03 Å². The van der Waals surface area contributed by atoms with E-state index in [9.17, 15) is 4.79 Å². The average Bonchev–Trinajstić information content (AvgIpc) is 2.36. The molecule has 1 unspecified atom stereocenters. The highest BCUT2D eigenvalue weighted by atomic mass is 16.2. The van der Waals surface area contributed by atoms with Gasteiger partial charge in [0.1, 0.15) is 0 Å². The molecule has 0 fully saturated rings. The summed E-state index contributed by atoms with van der Waals surface area (Å²) >= 11 is 0. The first-order chi connectivity index (χ1) is 5.75. The smallest absolute Gasteiger partial charge is 0.243 e. The van der Waals surface area contributed by atoms with E-state index in [0.717, 1.165) is 30.7 Å². The van der Waals surface area contributed by atoms with Gasteiger partial charge in [-0.15, -0.1) is 0 Å². The first-order valence-corrected chi connectivity index (χ1v) is 4.24. The molecule has 0 radical (unpaired) electrons. The molecule has 1 aliphatic rings. The van der Waals surface area contributed by atoms with Gasteiger partial charge in [0.2, 0.25) is 0 Å². The lowest BCUT2D eigenvalue weighted by molar-refractivity contribution is 0.198. The van der Waals surface area contributed by atoms with Crippen LogP contribution in [0.2, 0.25) is 0 Å². The minimum absolute atomic E-state index is 0.218. The molecule has 1 heterocycles. The van der Waals surface area contributed by atoms with Crippen molar-refractivity contribution in [3.8, 4) is 0 Å². The van der Waals surface area contributed by atoms with Gasteiger partial charge in [-0.05, 0) is 12.8 Å². The first kappa shape index (κ1) is 9.12. The van der Waals surface area contributed by atoms with Crippen molar-refractivity contribution >= 4 is 6.03 Å². The Morgan fingerprint density at radius 2 is 2.33 bits per heavy atom. The van der Waals surface area contributed by atoms with Crippen molar-refractivity contribution in [2.45, 2.75) is 38.8 Å². The van der Waals surface area contributed by atoms with Gasteiger partial charge in [-0.2, -0.15) is 5.11 Å². The minimum atomic E-state index is -0.434. The van der Waals surface area contributed by atoms with Gasteiger partial charge in [-0.25, -0.2) is 15.6 Å². The third-order valence-corrected chi connectivity index (χ3v) is 1.88. The number of hydrogen-bond acceptors (Lipinski definition) is 3. The average molecular weight is 170 g/mol. The fraction of sp³-hybridized carbons (Fsp3) is 0.857. The SMILES string of the molecule is CCCCCC1N=NC(=O)N1N. The number of nitrogens with zero attached hydrogens (tertiary/aromatic N) is 3. The molecule has 0 aromatic heterocycles. The van der Waals surface area contributed by atoms with E-state index in [4.69, 9.17) is 5.84 Å². The maximum absolute atomic E-state index is 10.8. The molecule has 5 heteroatoms. The van der Waals surface area contributed by atoms with Crippen molar-refractivity contribution < 1.29 is 4.79 Å². The number of amides is 2. The maximum Gasteiger partial charge on any atom is 0.378 e. The second-order valence-electron chi connectivity index (χ2n) is 2.88. The topological polar surface area (TPSA) is 71.0 Å². The summed E-state index contributed by atoms with van der Waals surface area (Å²) in [6.07, 6.45) is 3.95. The predicted molar refractivity (Wildman–Crippen MR) is 44.2 cm³/mol. The Morgan fingerprint density at radius 3 is 2.83 bits per heavy atom. The fourth-order valence-corrected chi connectivity index (χ4v) is 1.12. The van der Waals surface area contributed by atoms with Crippen molar-refractivity contribution in [1.82, 2.24) is 5.01 Å². The van der Waals surface area contributed by atoms with Crippen molar-refractivity contribution in [3.05, 3.63) is 0 Å². The van der Waals surface area contributed by atoms with E-state index in [2.05, 4.69) is 17.2 Å². The standard InChI is InChI=1S/C7H14N4O/c1-2-3-4-5-6-9-10-7(12)11(6)8/h6H,2-5,8H2,1H3. The van der Waals surface area contributed by atoms with Gasteiger partial charge in [-0.1, -0.05) is 24.9 Å². The van der Waals surface area contributed by atoms with Crippen molar-refractivity contribution in [1.29, 1.82) is 0 Å². The molecule has 0 bridgehead atoms. The summed E-state index contributed by atoms with van der Waals surface area (Å²) < 4.78 is 0. The molecular formula is C7H14N4O. The predicted octanol–water partition coefficient (Wildman–Crippen LogP) is 1.65. The van der Waals surface area contributed by atoms with Crippen LogP contribution < -0.4 is 5.84 Å². The largest absolute Gasteiger partial charge is 0.378 e. The van der Waals surface area contributed by atoms with Gasteiger partial charge in [-0.3, -0.25) is 0 Å². The molecule has 68 valence electrons. The van der Waals surface area contributed by atoms with E-state index >= 15 is 0 Å². The Labute approximate surface area is 71.6 Å². The lowest BCUT2D eigenvalue weighted by Crippen LogP contribution is -2.39. The molecule has 0 saturated carbocycles. The van der Waals surface area contributed by atoms with Crippen LogP contribution in [0.1, 0.15) is 32.6 Å². The van der Waals surface area contributed by atoms with Gasteiger partial charge in [0, 0.05) is 0 Å². The molecule has 0 aromatic carbocycles. The van der Waals surface area contributed by atoms with Crippen LogP contribution in [-0.2, 0) is 0 Å². The molecule has 12 heavy (non-hydrogen) atoms. The van der Waals surface area contributed by atoms with E-state index in [-0.39, 0.29) is 6.17 Å². The molecule has 1 aliphatic heterocycles. The van der Waals surface area contributed by atoms with Crippen LogP contribution in [0.15, 0.2) is 10.2 Å². The van der Waals surface area contributed by atoms with E-state index in [0.29, 0.717) is 0 Å². The van der Waals surface area contributed by atoms with Crippen LogP contribution in [0, 0.1) is 0 Å². The van der Waals surface area contributed by atoms with E-state index in [1.165, 1.54) is 0 Å². The number of carbonyl (C=O) groups is 1. The second-order valence-corrected chi connectivity index (χ2v) is 2.88. The normalized spacial score (nSPS) is 22.3. The number of carbonyl (C=O) groups excluding carboxylic acids is 1. The highest BCUT2D eigenvalue weighted by Crippen LogP contribution is 2.14. The molecule has 2 amide bonds. The molecule has 2 N–H and O–H groups in total. The molecule has 1 atom stereocenters. The summed E-state index contributed by atoms with van der Waals surface area (Å²) in [5, 5.41) is 8.20. The number of azo groups is 1. The highest BCUT2D eigenvalue weighted by molar-refractivity contribution is 5.75. The van der Waals surface area contributed by atoms with E-state index < -0.39 is 6.03 Å². The number of urea groups is 1. The lowest BCUT2D eigenvalue weighted by Gasteiger charge is -2.14. The summed E-state index contributed by atoms with van der Waals surface area (Å²) in [7, 11) is 0. The van der Waals surface area contributed by atoms with Crippen LogP contribution in [0.4, 0.5) is 4.79 Å². The molecule has 0 aliphatic carbocycles. The molecule has 0 spiro atoms. The molecular weight excluding hydrogens is 156 g/mol. The Kier molecular flexibility index (Phi) is 3.16. The number of unbranched alkanes of at least 4 members (excludes halogenated alkanes) is 2. The van der Waals surface area contributed by atoms with Crippen LogP contribution >= 0.6 is 0 Å². The number of rotatable bonds is 4. The third kappa shape index (κ3) is 2.01. The Bertz CT molecular complexity index is 192. The van der Waals surface area contributed by atoms with Gasteiger partial charge in [0.05, 0.1) is 0 Å². The van der Waals surface area contributed by atoms with Crippen LogP contribution in [0.5, 0.6) is 0 Å². The molecule has 1 rings (SSSR count). The zero-order valence-electron chi connectivity index (χ0n) is 7.23. The molecule has 5 nitrogen and oxygen atoms in total. The summed E-state index contributed by atoms with van der Waals surface area (Å²) in [6.45, 7) is 2.13. The van der Waals surface area contributed by atoms with Gasteiger partial charge < -0.3 is 0 Å². The van der Waals surface area contributed by atoms with Crippen LogP contribution in [-0.4, -0.2) is 17.2 Å². The van der Waals surface area contributed by atoms with Crippen molar-refractivity contribution in [2.75, 3.05) is 0 Å². The number of hydrazine groups is 1. The Hall–Kier alpha value is -0.970. The quantitative estimate of drug-likeness (QED) is 0.396. The van der Waals surface area contributed by atoms with Gasteiger partial charge in [0.15, 0.2) is 6.17 Å². The second kappa shape index (κ2) is 4.15. The highest BCUT2D eigenvalue weighted by Gasteiger charge is 2.25. The van der Waals surface area contributed by atoms with E-state index in [1.54, 1.807) is 0 Å². The monoisotopic (exact) mass is 170 g/mol. The van der Waals surface area contributed by atoms with Gasteiger partial charge in [0.25, 0.3) is 0 Å². The minimum Gasteiger partial charge on any atom is -0.243 e. The summed E-state index contributed by atoms with van der Waals surface area (Å²) in [6, 6.07) is -0.434. The lowest BCUT2D eigenvalue weighted by atomic mass is 10.2. The zero-order valence-corrected chi connectivity index (χ0v) is 7.23.